The van der Waals surface area contributed by atoms with E-state index in [4.69, 9.17) is 10.5 Å². The zero-order valence-corrected chi connectivity index (χ0v) is 9.76. The lowest BCUT2D eigenvalue weighted by Gasteiger charge is -2.05. The van der Waals surface area contributed by atoms with Gasteiger partial charge in [-0.25, -0.2) is 9.97 Å². The van der Waals surface area contributed by atoms with Crippen LogP contribution in [-0.4, -0.2) is 16.6 Å². The van der Waals surface area contributed by atoms with Crippen molar-refractivity contribution in [3.8, 4) is 17.1 Å². The van der Waals surface area contributed by atoms with E-state index in [-0.39, 0.29) is 0 Å². The molecule has 0 amide bonds. The fraction of sp³-hybridized carbons (Fsp3) is 0.231. The zero-order chi connectivity index (χ0) is 12.1. The first-order chi connectivity index (χ1) is 8.33. The van der Waals surface area contributed by atoms with Crippen molar-refractivity contribution in [2.24, 2.45) is 5.73 Å². The minimum absolute atomic E-state index is 0.458. The third-order valence-electron chi connectivity index (χ3n) is 2.34. The lowest BCUT2D eigenvalue weighted by molar-refractivity contribution is 0.340. The van der Waals surface area contributed by atoms with Crippen molar-refractivity contribution in [3.63, 3.8) is 0 Å². The van der Waals surface area contributed by atoms with Gasteiger partial charge in [-0.2, -0.15) is 0 Å². The van der Waals surface area contributed by atoms with Gasteiger partial charge >= 0.3 is 0 Å². The van der Waals surface area contributed by atoms with Crippen LogP contribution in [0.3, 0.4) is 0 Å². The first-order valence-electron chi connectivity index (χ1n) is 5.57. The first kappa shape index (κ1) is 11.5. The summed E-state index contributed by atoms with van der Waals surface area (Å²) in [6, 6.07) is 7.74. The second kappa shape index (κ2) is 5.41. The minimum Gasteiger partial charge on any atom is -0.494 e. The van der Waals surface area contributed by atoms with Crippen molar-refractivity contribution < 1.29 is 4.74 Å². The molecule has 0 atom stereocenters. The van der Waals surface area contributed by atoms with Gasteiger partial charge in [0.2, 0.25) is 0 Å². The second-order valence-electron chi connectivity index (χ2n) is 3.58. The molecule has 2 rings (SSSR count). The summed E-state index contributed by atoms with van der Waals surface area (Å²) in [4.78, 5) is 8.55. The van der Waals surface area contributed by atoms with Crippen molar-refractivity contribution in [3.05, 3.63) is 42.2 Å². The van der Waals surface area contributed by atoms with E-state index < -0.39 is 0 Å². The molecule has 2 aromatic rings. The van der Waals surface area contributed by atoms with Crippen molar-refractivity contribution in [1.82, 2.24) is 9.97 Å². The Bertz CT molecular complexity index is 482. The first-order valence-corrected chi connectivity index (χ1v) is 5.57. The molecular weight excluding hydrogens is 214 g/mol. The SMILES string of the molecule is CCOc1cccc(-c2ncc(CN)cn2)c1. The summed E-state index contributed by atoms with van der Waals surface area (Å²) < 4.78 is 5.44. The van der Waals surface area contributed by atoms with Gasteiger partial charge in [0.1, 0.15) is 5.75 Å². The quantitative estimate of drug-likeness (QED) is 0.871. The van der Waals surface area contributed by atoms with Crippen LogP contribution >= 0.6 is 0 Å². The molecule has 88 valence electrons. The molecule has 17 heavy (non-hydrogen) atoms. The van der Waals surface area contributed by atoms with Crippen molar-refractivity contribution in [2.75, 3.05) is 6.61 Å². The van der Waals surface area contributed by atoms with E-state index in [0.717, 1.165) is 16.9 Å². The van der Waals surface area contributed by atoms with E-state index in [0.29, 0.717) is 19.0 Å². The number of nitrogens with two attached hydrogens (primary N) is 1. The van der Waals surface area contributed by atoms with Gasteiger partial charge in [-0.3, -0.25) is 0 Å². The van der Waals surface area contributed by atoms with Gasteiger partial charge in [0.25, 0.3) is 0 Å². The second-order valence-corrected chi connectivity index (χ2v) is 3.58. The maximum Gasteiger partial charge on any atom is 0.159 e. The monoisotopic (exact) mass is 229 g/mol. The van der Waals surface area contributed by atoms with Crippen molar-refractivity contribution in [1.29, 1.82) is 0 Å². The molecule has 1 aromatic carbocycles. The maximum atomic E-state index is 5.50. The number of aromatic nitrogens is 2. The largest absolute Gasteiger partial charge is 0.494 e. The summed E-state index contributed by atoms with van der Waals surface area (Å²) in [7, 11) is 0. The third-order valence-corrected chi connectivity index (χ3v) is 2.34. The number of ether oxygens (including phenoxy) is 1. The topological polar surface area (TPSA) is 61.0 Å². The Hall–Kier alpha value is -1.94. The van der Waals surface area contributed by atoms with Gasteiger partial charge in [-0.15, -0.1) is 0 Å². The van der Waals surface area contributed by atoms with Crippen LogP contribution in [0.4, 0.5) is 0 Å². The van der Waals surface area contributed by atoms with Gasteiger partial charge in [-0.1, -0.05) is 12.1 Å². The highest BCUT2D eigenvalue weighted by molar-refractivity contribution is 5.57. The summed E-state index contributed by atoms with van der Waals surface area (Å²) in [5.41, 5.74) is 7.37. The summed E-state index contributed by atoms with van der Waals surface area (Å²) >= 11 is 0. The highest BCUT2D eigenvalue weighted by Crippen LogP contribution is 2.20. The smallest absolute Gasteiger partial charge is 0.159 e. The van der Waals surface area contributed by atoms with E-state index in [1.807, 2.05) is 31.2 Å². The fourth-order valence-electron chi connectivity index (χ4n) is 1.50. The van der Waals surface area contributed by atoms with E-state index in [9.17, 15) is 0 Å². The number of hydrogen-bond donors (Lipinski definition) is 1. The van der Waals surface area contributed by atoms with E-state index in [1.165, 1.54) is 0 Å². The van der Waals surface area contributed by atoms with Crippen LogP contribution in [0.2, 0.25) is 0 Å². The van der Waals surface area contributed by atoms with Gasteiger partial charge in [0.05, 0.1) is 6.61 Å². The summed E-state index contributed by atoms with van der Waals surface area (Å²) in [5, 5.41) is 0. The molecule has 0 spiro atoms. The van der Waals surface area contributed by atoms with Gasteiger partial charge in [0, 0.05) is 30.1 Å². The number of rotatable bonds is 4. The molecule has 0 aliphatic rings. The van der Waals surface area contributed by atoms with Crippen LogP contribution in [-0.2, 0) is 6.54 Å². The molecule has 4 nitrogen and oxygen atoms in total. The molecule has 0 aliphatic carbocycles. The molecule has 0 bridgehead atoms. The molecule has 0 aliphatic heterocycles. The predicted octanol–water partition coefficient (Wildman–Crippen LogP) is 2.00. The summed E-state index contributed by atoms with van der Waals surface area (Å²) in [5.74, 6) is 1.51. The predicted molar refractivity (Wildman–Crippen MR) is 66.5 cm³/mol. The molecular formula is C13H15N3O. The Morgan fingerprint density at radius 2 is 2.00 bits per heavy atom. The van der Waals surface area contributed by atoms with Crippen LogP contribution in [0.1, 0.15) is 12.5 Å². The number of hydrogen-bond acceptors (Lipinski definition) is 4. The zero-order valence-electron chi connectivity index (χ0n) is 9.76. The van der Waals surface area contributed by atoms with Gasteiger partial charge in [0.15, 0.2) is 5.82 Å². The number of benzene rings is 1. The third kappa shape index (κ3) is 2.79. The van der Waals surface area contributed by atoms with Crippen LogP contribution in [0, 0.1) is 0 Å². The van der Waals surface area contributed by atoms with Crippen LogP contribution in [0.5, 0.6) is 5.75 Å². The average Bonchev–Trinajstić information content (AvgIpc) is 2.40. The van der Waals surface area contributed by atoms with Gasteiger partial charge < -0.3 is 10.5 Å². The molecule has 0 saturated carbocycles. The maximum absolute atomic E-state index is 5.50. The molecule has 4 heteroatoms. The molecule has 0 fully saturated rings. The molecule has 0 radical (unpaired) electrons. The Morgan fingerprint density at radius 1 is 1.24 bits per heavy atom. The number of nitrogens with zero attached hydrogens (tertiary/aromatic N) is 2. The molecule has 1 heterocycles. The summed E-state index contributed by atoms with van der Waals surface area (Å²) in [6.45, 7) is 3.06. The van der Waals surface area contributed by atoms with E-state index in [1.54, 1.807) is 12.4 Å². The Balaban J connectivity index is 2.28. The van der Waals surface area contributed by atoms with Crippen molar-refractivity contribution in [2.45, 2.75) is 13.5 Å². The normalized spacial score (nSPS) is 10.2. The Morgan fingerprint density at radius 3 is 2.65 bits per heavy atom. The molecule has 0 saturated heterocycles. The average molecular weight is 229 g/mol. The highest BCUT2D eigenvalue weighted by atomic mass is 16.5. The molecule has 2 N–H and O–H groups in total. The Labute approximate surface area is 100 Å². The van der Waals surface area contributed by atoms with Crippen molar-refractivity contribution >= 4 is 0 Å². The molecule has 0 unspecified atom stereocenters. The summed E-state index contributed by atoms with van der Waals surface area (Å²) in [6.07, 6.45) is 3.49. The standard InChI is InChI=1S/C13H15N3O/c1-2-17-12-5-3-4-11(6-12)13-15-8-10(7-14)9-16-13/h3-6,8-9H,2,7,14H2,1H3. The minimum atomic E-state index is 0.458. The van der Waals surface area contributed by atoms with Crippen LogP contribution < -0.4 is 10.5 Å². The highest BCUT2D eigenvalue weighted by Gasteiger charge is 2.02. The van der Waals surface area contributed by atoms with Crippen LogP contribution in [0.15, 0.2) is 36.7 Å². The van der Waals surface area contributed by atoms with E-state index in [2.05, 4.69) is 9.97 Å². The van der Waals surface area contributed by atoms with Crippen LogP contribution in [0.25, 0.3) is 11.4 Å². The lowest BCUT2D eigenvalue weighted by atomic mass is 10.2. The molecule has 1 aromatic heterocycles. The Kier molecular flexibility index (Phi) is 3.67. The lowest BCUT2D eigenvalue weighted by Crippen LogP contribution is -1.99. The van der Waals surface area contributed by atoms with Gasteiger partial charge in [-0.05, 0) is 19.1 Å². The fourth-order valence-corrected chi connectivity index (χ4v) is 1.50. The van der Waals surface area contributed by atoms with E-state index >= 15 is 0 Å².